The van der Waals surface area contributed by atoms with Gasteiger partial charge in [0.15, 0.2) is 0 Å². The standard InChI is InChI=1S/C19H15F2N7O2/c1-2-28-7-9(5-26-28)27-19-13-11(6-23-18(13)24-8-25-19)16(29)14-12(20)4-3-10(15(14)21)17(22)30/h3-8H,2H2,1H3,(H2,22,30)(H2,23,24,25,27). The number of amides is 1. The highest BCUT2D eigenvalue weighted by molar-refractivity contribution is 6.18. The van der Waals surface area contributed by atoms with E-state index in [2.05, 4.69) is 25.4 Å². The van der Waals surface area contributed by atoms with Gasteiger partial charge in [0.2, 0.25) is 5.78 Å². The number of hydrogen-bond donors (Lipinski definition) is 3. The van der Waals surface area contributed by atoms with E-state index in [4.69, 9.17) is 5.73 Å². The van der Waals surface area contributed by atoms with Crippen molar-refractivity contribution in [3.63, 3.8) is 0 Å². The minimum absolute atomic E-state index is 0.0737. The Kier molecular flexibility index (Phi) is 4.70. The maximum atomic E-state index is 14.7. The van der Waals surface area contributed by atoms with Crippen molar-refractivity contribution in [1.82, 2.24) is 24.7 Å². The first-order chi connectivity index (χ1) is 14.4. The molecule has 3 aromatic heterocycles. The van der Waals surface area contributed by atoms with E-state index >= 15 is 0 Å². The zero-order valence-corrected chi connectivity index (χ0v) is 15.6. The molecule has 0 radical (unpaired) electrons. The Morgan fingerprint density at radius 2 is 2.03 bits per heavy atom. The minimum Gasteiger partial charge on any atom is -0.366 e. The van der Waals surface area contributed by atoms with Crippen LogP contribution in [0.2, 0.25) is 0 Å². The van der Waals surface area contributed by atoms with E-state index in [-0.39, 0.29) is 22.4 Å². The van der Waals surface area contributed by atoms with E-state index < -0.39 is 34.5 Å². The predicted molar refractivity (Wildman–Crippen MR) is 103 cm³/mol. The monoisotopic (exact) mass is 411 g/mol. The number of aromatic nitrogens is 5. The van der Waals surface area contributed by atoms with Crippen LogP contribution in [0.3, 0.4) is 0 Å². The molecule has 4 N–H and O–H groups in total. The molecular weight excluding hydrogens is 396 g/mol. The molecule has 0 aliphatic heterocycles. The third-order valence-electron chi connectivity index (χ3n) is 4.52. The number of ketones is 1. The van der Waals surface area contributed by atoms with Crippen molar-refractivity contribution in [2.75, 3.05) is 5.32 Å². The van der Waals surface area contributed by atoms with Gasteiger partial charge in [0.1, 0.15) is 29.4 Å². The summed E-state index contributed by atoms with van der Waals surface area (Å²) in [6, 6.07) is 1.71. The second-order valence-electron chi connectivity index (χ2n) is 6.34. The van der Waals surface area contributed by atoms with Gasteiger partial charge in [0.25, 0.3) is 5.91 Å². The molecule has 1 amide bonds. The van der Waals surface area contributed by atoms with Crippen LogP contribution in [0, 0.1) is 11.6 Å². The fraction of sp³-hybridized carbons (Fsp3) is 0.105. The summed E-state index contributed by atoms with van der Waals surface area (Å²) in [6.07, 6.45) is 5.85. The first-order valence-electron chi connectivity index (χ1n) is 8.84. The lowest BCUT2D eigenvalue weighted by Gasteiger charge is -2.08. The SMILES string of the molecule is CCn1cc(Nc2ncnc3[nH]cc(C(=O)c4c(F)ccc(C(N)=O)c4F)c23)cn1. The lowest BCUT2D eigenvalue weighted by Crippen LogP contribution is -2.17. The largest absolute Gasteiger partial charge is 0.366 e. The van der Waals surface area contributed by atoms with Gasteiger partial charge in [0.05, 0.1) is 34.0 Å². The van der Waals surface area contributed by atoms with Crippen molar-refractivity contribution in [2.45, 2.75) is 13.5 Å². The molecule has 0 atom stereocenters. The molecule has 3 heterocycles. The second kappa shape index (κ2) is 7.35. The highest BCUT2D eigenvalue weighted by Crippen LogP contribution is 2.29. The maximum absolute atomic E-state index is 14.7. The molecule has 152 valence electrons. The average molecular weight is 411 g/mol. The summed E-state index contributed by atoms with van der Waals surface area (Å²) >= 11 is 0. The van der Waals surface area contributed by atoms with E-state index in [9.17, 15) is 18.4 Å². The molecule has 0 aliphatic rings. The van der Waals surface area contributed by atoms with Crippen LogP contribution in [0.4, 0.5) is 20.3 Å². The minimum atomic E-state index is -1.32. The molecule has 4 aromatic rings. The normalized spacial score (nSPS) is 11.0. The van der Waals surface area contributed by atoms with Crippen LogP contribution in [-0.4, -0.2) is 36.4 Å². The second-order valence-corrected chi connectivity index (χ2v) is 6.34. The van der Waals surface area contributed by atoms with Gasteiger partial charge in [0, 0.05) is 18.9 Å². The summed E-state index contributed by atoms with van der Waals surface area (Å²) in [5, 5.41) is 7.40. The number of H-pyrrole nitrogens is 1. The molecule has 4 rings (SSSR count). The Labute approximate surface area is 167 Å². The van der Waals surface area contributed by atoms with Crippen LogP contribution in [0.1, 0.15) is 33.2 Å². The van der Waals surface area contributed by atoms with Crippen LogP contribution in [-0.2, 0) is 6.54 Å². The number of aromatic amines is 1. The average Bonchev–Trinajstić information content (AvgIpc) is 3.35. The smallest absolute Gasteiger partial charge is 0.251 e. The number of nitrogens with one attached hydrogen (secondary N) is 2. The lowest BCUT2D eigenvalue weighted by molar-refractivity contribution is 0.0996. The first kappa shape index (κ1) is 19.2. The van der Waals surface area contributed by atoms with Gasteiger partial charge < -0.3 is 16.0 Å². The van der Waals surface area contributed by atoms with Gasteiger partial charge >= 0.3 is 0 Å². The van der Waals surface area contributed by atoms with E-state index in [1.807, 2.05) is 6.92 Å². The Morgan fingerprint density at radius 3 is 2.73 bits per heavy atom. The number of primary amides is 1. The molecule has 0 unspecified atom stereocenters. The predicted octanol–water partition coefficient (Wildman–Crippen LogP) is 2.53. The highest BCUT2D eigenvalue weighted by atomic mass is 19.1. The Bertz CT molecular complexity index is 1300. The van der Waals surface area contributed by atoms with Crippen molar-refractivity contribution in [2.24, 2.45) is 5.73 Å². The van der Waals surface area contributed by atoms with Crippen molar-refractivity contribution in [3.8, 4) is 0 Å². The highest BCUT2D eigenvalue weighted by Gasteiger charge is 2.27. The van der Waals surface area contributed by atoms with Gasteiger partial charge in [-0.05, 0) is 19.1 Å². The van der Waals surface area contributed by atoms with Gasteiger partial charge in [-0.2, -0.15) is 5.10 Å². The summed E-state index contributed by atoms with van der Waals surface area (Å²) in [5.74, 6) is -4.29. The summed E-state index contributed by atoms with van der Waals surface area (Å²) in [6.45, 7) is 2.58. The number of halogens is 2. The fourth-order valence-corrected chi connectivity index (χ4v) is 3.06. The number of hydrogen-bond acceptors (Lipinski definition) is 6. The van der Waals surface area contributed by atoms with E-state index in [0.717, 1.165) is 12.1 Å². The van der Waals surface area contributed by atoms with Crippen molar-refractivity contribution in [3.05, 3.63) is 65.4 Å². The number of fused-ring (bicyclic) bond motifs is 1. The van der Waals surface area contributed by atoms with Crippen LogP contribution in [0.15, 0.2) is 37.1 Å². The zero-order chi connectivity index (χ0) is 21.4. The summed E-state index contributed by atoms with van der Waals surface area (Å²) < 4.78 is 30.7. The van der Waals surface area contributed by atoms with Gasteiger partial charge in [-0.25, -0.2) is 18.7 Å². The Hall–Kier alpha value is -4.15. The number of aryl methyl sites for hydroxylation is 1. The maximum Gasteiger partial charge on any atom is 0.251 e. The third-order valence-corrected chi connectivity index (χ3v) is 4.52. The fourth-order valence-electron chi connectivity index (χ4n) is 3.06. The Balaban J connectivity index is 1.83. The number of nitrogens with two attached hydrogens (primary N) is 1. The summed E-state index contributed by atoms with van der Waals surface area (Å²) in [4.78, 5) is 35.4. The molecule has 0 fully saturated rings. The molecule has 9 nitrogen and oxygen atoms in total. The van der Waals surface area contributed by atoms with E-state index in [1.54, 1.807) is 17.1 Å². The number of anilines is 2. The number of benzene rings is 1. The van der Waals surface area contributed by atoms with E-state index in [0.29, 0.717) is 12.2 Å². The van der Waals surface area contributed by atoms with Gasteiger partial charge in [-0.1, -0.05) is 0 Å². The Morgan fingerprint density at radius 1 is 1.23 bits per heavy atom. The van der Waals surface area contributed by atoms with Crippen molar-refractivity contribution >= 4 is 34.2 Å². The number of carbonyl (C=O) groups excluding carboxylic acids is 2. The molecule has 30 heavy (non-hydrogen) atoms. The van der Waals surface area contributed by atoms with Crippen LogP contribution in [0.5, 0.6) is 0 Å². The molecule has 0 spiro atoms. The number of rotatable bonds is 6. The van der Waals surface area contributed by atoms with Crippen LogP contribution in [0.25, 0.3) is 11.0 Å². The lowest BCUT2D eigenvalue weighted by atomic mass is 9.99. The van der Waals surface area contributed by atoms with Crippen LogP contribution < -0.4 is 11.1 Å². The van der Waals surface area contributed by atoms with Crippen molar-refractivity contribution < 1.29 is 18.4 Å². The molecule has 0 saturated heterocycles. The topological polar surface area (TPSA) is 132 Å². The van der Waals surface area contributed by atoms with Crippen LogP contribution >= 0.6 is 0 Å². The third kappa shape index (κ3) is 3.15. The number of nitrogens with zero attached hydrogens (tertiary/aromatic N) is 4. The van der Waals surface area contributed by atoms with Gasteiger partial charge in [-0.3, -0.25) is 14.3 Å². The molecule has 0 aliphatic carbocycles. The van der Waals surface area contributed by atoms with Gasteiger partial charge in [-0.15, -0.1) is 0 Å². The summed E-state index contributed by atoms with van der Waals surface area (Å²) in [7, 11) is 0. The molecule has 0 saturated carbocycles. The zero-order valence-electron chi connectivity index (χ0n) is 15.6. The first-order valence-corrected chi connectivity index (χ1v) is 8.84. The molecule has 1 aromatic carbocycles. The molecule has 0 bridgehead atoms. The summed E-state index contributed by atoms with van der Waals surface area (Å²) in [5.41, 5.74) is 4.45. The van der Waals surface area contributed by atoms with Crippen molar-refractivity contribution in [1.29, 1.82) is 0 Å². The number of carbonyl (C=O) groups is 2. The van der Waals surface area contributed by atoms with E-state index in [1.165, 1.54) is 12.5 Å². The molecular formula is C19H15F2N7O2. The molecule has 11 heteroatoms. The quantitative estimate of drug-likeness (QED) is 0.418.